The van der Waals surface area contributed by atoms with Crippen molar-refractivity contribution >= 4 is 49.8 Å². The number of thioether (sulfide) groups is 1. The van der Waals surface area contributed by atoms with Crippen LogP contribution in [0.5, 0.6) is 0 Å². The highest BCUT2D eigenvalue weighted by Gasteiger charge is 2.17. The maximum Gasteiger partial charge on any atom is 0.261 e. The number of thiazole rings is 1. The fourth-order valence-electron chi connectivity index (χ4n) is 3.07. The minimum absolute atomic E-state index is 0.149. The van der Waals surface area contributed by atoms with E-state index in [0.29, 0.717) is 10.8 Å². The maximum atomic E-state index is 12.7. The molecule has 9 heteroatoms. The van der Waals surface area contributed by atoms with Crippen LogP contribution in [0.2, 0.25) is 0 Å². The summed E-state index contributed by atoms with van der Waals surface area (Å²) < 4.78 is 27.5. The number of hydrogen-bond acceptors (Lipinski definition) is 6. The number of carbonyl (C=O) groups excluding carboxylic acids is 1. The monoisotopic (exact) mass is 509 g/mol. The van der Waals surface area contributed by atoms with Gasteiger partial charge in [-0.25, -0.2) is 13.4 Å². The molecule has 4 aromatic rings. The summed E-state index contributed by atoms with van der Waals surface area (Å²) in [5.74, 6) is -0.149. The van der Waals surface area contributed by atoms with E-state index in [4.69, 9.17) is 0 Å². The molecule has 6 nitrogen and oxygen atoms in total. The number of benzene rings is 3. The molecule has 0 aliphatic carbocycles. The van der Waals surface area contributed by atoms with E-state index in [1.807, 2.05) is 43.5 Å². The molecule has 1 atom stereocenters. The third-order valence-electron chi connectivity index (χ3n) is 4.92. The molecule has 0 radical (unpaired) electrons. The van der Waals surface area contributed by atoms with Crippen molar-refractivity contribution in [2.24, 2.45) is 0 Å². The number of aryl methyl sites for hydroxylation is 1. The van der Waals surface area contributed by atoms with Crippen LogP contribution >= 0.6 is 23.1 Å². The van der Waals surface area contributed by atoms with Crippen molar-refractivity contribution < 1.29 is 13.2 Å². The van der Waals surface area contributed by atoms with Gasteiger partial charge in [0.05, 0.1) is 15.8 Å². The SMILES string of the molecule is Cc1ccc(-c2csc(NC(=O)C(C)Sc3ccc(NS(=O)(=O)c4ccccc4)cc3)n2)cc1. The van der Waals surface area contributed by atoms with Gasteiger partial charge in [0.25, 0.3) is 10.0 Å². The second-order valence-corrected chi connectivity index (χ2v) is 11.6. The van der Waals surface area contributed by atoms with E-state index < -0.39 is 10.0 Å². The molecule has 1 amide bonds. The molecule has 2 N–H and O–H groups in total. The Hall–Kier alpha value is -3.14. The molecule has 0 saturated heterocycles. The molecule has 4 rings (SSSR count). The third kappa shape index (κ3) is 6.05. The summed E-state index contributed by atoms with van der Waals surface area (Å²) >= 11 is 2.77. The predicted octanol–water partition coefficient (Wildman–Crippen LogP) is 6.04. The van der Waals surface area contributed by atoms with Gasteiger partial charge >= 0.3 is 0 Å². The van der Waals surface area contributed by atoms with Crippen molar-refractivity contribution in [1.82, 2.24) is 4.98 Å². The quantitative estimate of drug-likeness (QED) is 0.283. The minimum atomic E-state index is -3.64. The highest BCUT2D eigenvalue weighted by atomic mass is 32.2. The standard InChI is InChI=1S/C25H23N3O3S3/c1-17-8-10-19(11-9-17)23-16-32-25(26-23)27-24(29)18(2)33-21-14-12-20(13-15-21)28-34(30,31)22-6-4-3-5-7-22/h3-16,18,28H,1-2H3,(H,26,27,29). The Labute approximate surface area is 207 Å². The predicted molar refractivity (Wildman–Crippen MR) is 140 cm³/mol. The van der Waals surface area contributed by atoms with Gasteiger partial charge in [0.1, 0.15) is 0 Å². The average molecular weight is 510 g/mol. The highest BCUT2D eigenvalue weighted by Crippen LogP contribution is 2.28. The zero-order valence-corrected chi connectivity index (χ0v) is 21.0. The Bertz CT molecular complexity index is 1370. The molecule has 0 bridgehead atoms. The smallest absolute Gasteiger partial charge is 0.261 e. The highest BCUT2D eigenvalue weighted by molar-refractivity contribution is 8.00. The van der Waals surface area contributed by atoms with Crippen LogP contribution in [-0.4, -0.2) is 24.6 Å². The molecule has 1 unspecified atom stereocenters. The van der Waals surface area contributed by atoms with E-state index in [0.717, 1.165) is 16.2 Å². The Morgan fingerprint density at radius 1 is 0.971 bits per heavy atom. The summed E-state index contributed by atoms with van der Waals surface area (Å²) in [5, 5.41) is 5.00. The Kier molecular flexibility index (Phi) is 7.35. The first kappa shape index (κ1) is 24.0. The number of hydrogen-bond donors (Lipinski definition) is 2. The third-order valence-corrected chi connectivity index (χ3v) is 8.19. The minimum Gasteiger partial charge on any atom is -0.301 e. The van der Waals surface area contributed by atoms with Crippen molar-refractivity contribution in [3.05, 3.63) is 89.8 Å². The van der Waals surface area contributed by atoms with Crippen molar-refractivity contribution in [2.75, 3.05) is 10.0 Å². The van der Waals surface area contributed by atoms with E-state index in [1.54, 1.807) is 54.6 Å². The number of nitrogens with one attached hydrogen (secondary N) is 2. The van der Waals surface area contributed by atoms with Gasteiger partial charge in [0.15, 0.2) is 5.13 Å². The first-order valence-electron chi connectivity index (χ1n) is 10.5. The summed E-state index contributed by atoms with van der Waals surface area (Å²) in [6.45, 7) is 3.85. The van der Waals surface area contributed by atoms with Gasteiger partial charge in [-0.3, -0.25) is 9.52 Å². The molecule has 0 aliphatic heterocycles. The van der Waals surface area contributed by atoms with Crippen molar-refractivity contribution in [2.45, 2.75) is 28.9 Å². The number of carbonyl (C=O) groups is 1. The van der Waals surface area contributed by atoms with Gasteiger partial charge in [-0.1, -0.05) is 48.0 Å². The van der Waals surface area contributed by atoms with Gasteiger partial charge in [-0.15, -0.1) is 23.1 Å². The summed E-state index contributed by atoms with van der Waals surface area (Å²) in [7, 11) is -3.64. The largest absolute Gasteiger partial charge is 0.301 e. The van der Waals surface area contributed by atoms with E-state index >= 15 is 0 Å². The first-order valence-corrected chi connectivity index (χ1v) is 13.7. The summed E-state index contributed by atoms with van der Waals surface area (Å²) in [6.07, 6.45) is 0. The fourth-order valence-corrected chi connectivity index (χ4v) is 5.74. The number of sulfonamides is 1. The Morgan fingerprint density at radius 3 is 2.32 bits per heavy atom. The lowest BCUT2D eigenvalue weighted by Gasteiger charge is -2.12. The maximum absolute atomic E-state index is 12.7. The molecule has 0 aliphatic rings. The van der Waals surface area contributed by atoms with E-state index in [-0.39, 0.29) is 16.1 Å². The van der Waals surface area contributed by atoms with Gasteiger partial charge < -0.3 is 5.32 Å². The lowest BCUT2D eigenvalue weighted by atomic mass is 10.1. The summed E-state index contributed by atoms with van der Waals surface area (Å²) in [5.41, 5.74) is 3.47. The number of rotatable bonds is 8. The Balaban J connectivity index is 1.34. The van der Waals surface area contributed by atoms with Gasteiger partial charge in [0, 0.05) is 21.5 Å². The molecular formula is C25H23N3O3S3. The van der Waals surface area contributed by atoms with Crippen molar-refractivity contribution in [3.63, 3.8) is 0 Å². The topological polar surface area (TPSA) is 88.2 Å². The van der Waals surface area contributed by atoms with E-state index in [2.05, 4.69) is 15.0 Å². The van der Waals surface area contributed by atoms with Crippen LogP contribution in [0.25, 0.3) is 11.3 Å². The van der Waals surface area contributed by atoms with Crippen LogP contribution < -0.4 is 10.0 Å². The molecule has 34 heavy (non-hydrogen) atoms. The molecular weight excluding hydrogens is 486 g/mol. The van der Waals surface area contributed by atoms with Gasteiger partial charge in [-0.2, -0.15) is 0 Å². The molecule has 0 fully saturated rings. The normalized spacial score (nSPS) is 12.2. The van der Waals surface area contributed by atoms with Crippen LogP contribution in [-0.2, 0) is 14.8 Å². The number of amides is 1. The van der Waals surface area contributed by atoms with Crippen molar-refractivity contribution in [1.29, 1.82) is 0 Å². The van der Waals surface area contributed by atoms with Crippen LogP contribution in [0, 0.1) is 6.92 Å². The second-order valence-electron chi connectivity index (χ2n) is 7.60. The molecule has 3 aromatic carbocycles. The fraction of sp³-hybridized carbons (Fsp3) is 0.120. The molecule has 0 spiro atoms. The van der Waals surface area contributed by atoms with Gasteiger partial charge in [0.2, 0.25) is 5.91 Å². The molecule has 174 valence electrons. The zero-order chi connectivity index (χ0) is 24.1. The van der Waals surface area contributed by atoms with Crippen LogP contribution in [0.3, 0.4) is 0 Å². The average Bonchev–Trinajstić information content (AvgIpc) is 3.29. The van der Waals surface area contributed by atoms with Crippen LogP contribution in [0.1, 0.15) is 12.5 Å². The zero-order valence-electron chi connectivity index (χ0n) is 18.6. The summed E-state index contributed by atoms with van der Waals surface area (Å²) in [6, 6.07) is 23.2. The van der Waals surface area contributed by atoms with E-state index in [9.17, 15) is 13.2 Å². The van der Waals surface area contributed by atoms with E-state index in [1.165, 1.54) is 28.7 Å². The lowest BCUT2D eigenvalue weighted by Crippen LogP contribution is -2.22. The molecule has 1 heterocycles. The number of nitrogens with zero attached hydrogens (tertiary/aromatic N) is 1. The lowest BCUT2D eigenvalue weighted by molar-refractivity contribution is -0.115. The van der Waals surface area contributed by atoms with Crippen LogP contribution in [0.4, 0.5) is 10.8 Å². The molecule has 1 aromatic heterocycles. The number of anilines is 2. The second kappa shape index (κ2) is 10.4. The molecule has 0 saturated carbocycles. The first-order chi connectivity index (χ1) is 16.3. The Morgan fingerprint density at radius 2 is 1.65 bits per heavy atom. The van der Waals surface area contributed by atoms with Crippen molar-refractivity contribution in [3.8, 4) is 11.3 Å². The number of aromatic nitrogens is 1. The summed E-state index contributed by atoms with van der Waals surface area (Å²) in [4.78, 5) is 18.2. The van der Waals surface area contributed by atoms with Crippen LogP contribution in [0.15, 0.2) is 94.0 Å². The van der Waals surface area contributed by atoms with Gasteiger partial charge in [-0.05, 0) is 50.2 Å².